The van der Waals surface area contributed by atoms with Crippen molar-refractivity contribution in [3.8, 4) is 0 Å². The third-order valence-corrected chi connectivity index (χ3v) is 4.32. The first kappa shape index (κ1) is 12.1. The van der Waals surface area contributed by atoms with E-state index < -0.39 is 0 Å². The minimum atomic E-state index is 0.0342. The van der Waals surface area contributed by atoms with Gasteiger partial charge in [0.05, 0.1) is 16.4 Å². The summed E-state index contributed by atoms with van der Waals surface area (Å²) in [7, 11) is 0. The van der Waals surface area contributed by atoms with E-state index in [0.717, 1.165) is 29.6 Å². The summed E-state index contributed by atoms with van der Waals surface area (Å²) in [5.41, 5.74) is 1.10. The van der Waals surface area contributed by atoms with Gasteiger partial charge in [0.25, 0.3) is 0 Å². The molecular formula is C11H18BrN3O. The number of aliphatic hydroxyl groups excluding tert-OH is 1. The van der Waals surface area contributed by atoms with Gasteiger partial charge in [0.1, 0.15) is 0 Å². The van der Waals surface area contributed by atoms with Crippen LogP contribution in [0.3, 0.4) is 0 Å². The summed E-state index contributed by atoms with van der Waals surface area (Å²) in [6.45, 7) is 3.18. The molecule has 2 atom stereocenters. The van der Waals surface area contributed by atoms with Crippen molar-refractivity contribution in [1.82, 2.24) is 15.5 Å². The van der Waals surface area contributed by atoms with Gasteiger partial charge in [-0.2, -0.15) is 5.10 Å². The van der Waals surface area contributed by atoms with Crippen LogP contribution < -0.4 is 5.32 Å². The van der Waals surface area contributed by atoms with Crippen LogP contribution in [0.15, 0.2) is 10.7 Å². The fraction of sp³-hybridized carbons (Fsp3) is 0.727. The molecule has 1 aromatic rings. The molecule has 2 rings (SSSR count). The van der Waals surface area contributed by atoms with Gasteiger partial charge in [0.15, 0.2) is 0 Å². The number of nitrogens with one attached hydrogen (secondary N) is 2. The third-order valence-electron chi connectivity index (χ3n) is 3.63. The van der Waals surface area contributed by atoms with Crippen LogP contribution in [-0.2, 0) is 6.54 Å². The van der Waals surface area contributed by atoms with Gasteiger partial charge in [-0.3, -0.25) is 5.10 Å². The molecule has 1 aliphatic carbocycles. The maximum atomic E-state index is 9.44. The normalized spacial score (nSPS) is 29.8. The molecule has 1 heterocycles. The van der Waals surface area contributed by atoms with Crippen LogP contribution in [0.5, 0.6) is 0 Å². The second-order valence-electron chi connectivity index (χ2n) is 4.83. The monoisotopic (exact) mass is 287 g/mol. The highest BCUT2D eigenvalue weighted by atomic mass is 79.9. The lowest BCUT2D eigenvalue weighted by Gasteiger charge is -2.30. The average molecular weight is 288 g/mol. The van der Waals surface area contributed by atoms with Crippen LogP contribution in [0.25, 0.3) is 0 Å². The molecule has 1 fully saturated rings. The second kappa shape index (κ2) is 4.85. The summed E-state index contributed by atoms with van der Waals surface area (Å²) in [4.78, 5) is 0. The SMILES string of the molecule is C[C@@]1(CO)CCC[C@H]1NCc1[nH]ncc1Br. The zero-order valence-electron chi connectivity index (χ0n) is 9.46. The number of rotatable bonds is 4. The van der Waals surface area contributed by atoms with Gasteiger partial charge >= 0.3 is 0 Å². The Bertz CT molecular complexity index is 355. The predicted molar refractivity (Wildman–Crippen MR) is 66.0 cm³/mol. The molecule has 0 aliphatic heterocycles. The summed E-state index contributed by atoms with van der Waals surface area (Å²) in [6.07, 6.45) is 5.20. The van der Waals surface area contributed by atoms with Crippen molar-refractivity contribution in [2.24, 2.45) is 5.41 Å². The highest BCUT2D eigenvalue weighted by Gasteiger charge is 2.37. The van der Waals surface area contributed by atoms with Gasteiger partial charge in [-0.05, 0) is 28.8 Å². The Labute approximate surface area is 104 Å². The number of nitrogens with zero attached hydrogens (tertiary/aromatic N) is 1. The van der Waals surface area contributed by atoms with Gasteiger partial charge < -0.3 is 10.4 Å². The summed E-state index contributed by atoms with van der Waals surface area (Å²) in [5, 5.41) is 19.9. The third kappa shape index (κ3) is 2.31. The molecule has 0 unspecified atom stereocenters. The number of aromatic nitrogens is 2. The summed E-state index contributed by atoms with van der Waals surface area (Å²) in [5.74, 6) is 0. The fourth-order valence-corrected chi connectivity index (χ4v) is 2.75. The smallest absolute Gasteiger partial charge is 0.0633 e. The first-order valence-electron chi connectivity index (χ1n) is 5.68. The number of hydrogen-bond donors (Lipinski definition) is 3. The fourth-order valence-electron chi connectivity index (χ4n) is 2.42. The predicted octanol–water partition coefficient (Wildman–Crippen LogP) is 1.81. The van der Waals surface area contributed by atoms with Crippen molar-refractivity contribution in [3.05, 3.63) is 16.4 Å². The Morgan fingerprint density at radius 2 is 2.56 bits per heavy atom. The quantitative estimate of drug-likeness (QED) is 0.792. The second-order valence-corrected chi connectivity index (χ2v) is 5.69. The van der Waals surface area contributed by atoms with Crippen molar-refractivity contribution < 1.29 is 5.11 Å². The van der Waals surface area contributed by atoms with E-state index in [-0.39, 0.29) is 12.0 Å². The molecule has 0 saturated heterocycles. The molecule has 3 N–H and O–H groups in total. The molecule has 1 aliphatic rings. The first-order valence-corrected chi connectivity index (χ1v) is 6.47. The van der Waals surface area contributed by atoms with E-state index in [1.165, 1.54) is 6.42 Å². The van der Waals surface area contributed by atoms with Gasteiger partial charge in [-0.15, -0.1) is 0 Å². The molecule has 0 bridgehead atoms. The van der Waals surface area contributed by atoms with Gasteiger partial charge in [-0.1, -0.05) is 13.3 Å². The number of hydrogen-bond acceptors (Lipinski definition) is 3. The molecule has 0 spiro atoms. The van der Waals surface area contributed by atoms with E-state index in [9.17, 15) is 5.11 Å². The summed E-state index contributed by atoms with van der Waals surface area (Å²) < 4.78 is 1.00. The Morgan fingerprint density at radius 1 is 1.75 bits per heavy atom. The standard InChI is InChI=1S/C11H18BrN3O/c1-11(7-16)4-2-3-10(11)13-6-9-8(12)5-14-15-9/h5,10,13,16H,2-4,6-7H2,1H3,(H,14,15)/t10-,11+/m1/s1. The van der Waals surface area contributed by atoms with Crippen molar-refractivity contribution >= 4 is 15.9 Å². The van der Waals surface area contributed by atoms with Crippen LogP contribution >= 0.6 is 15.9 Å². The van der Waals surface area contributed by atoms with Gasteiger partial charge in [0.2, 0.25) is 0 Å². The lowest BCUT2D eigenvalue weighted by Crippen LogP contribution is -2.41. The number of aromatic amines is 1. The summed E-state index contributed by atoms with van der Waals surface area (Å²) >= 11 is 3.44. The zero-order chi connectivity index (χ0) is 11.6. The Hall–Kier alpha value is -0.390. The number of H-pyrrole nitrogens is 1. The van der Waals surface area contributed by atoms with E-state index in [1.54, 1.807) is 6.20 Å². The molecular weight excluding hydrogens is 270 g/mol. The van der Waals surface area contributed by atoms with Crippen LogP contribution in [0.1, 0.15) is 31.9 Å². The van der Waals surface area contributed by atoms with Gasteiger partial charge in [0, 0.05) is 24.6 Å². The van der Waals surface area contributed by atoms with Crippen LogP contribution in [0.2, 0.25) is 0 Å². The molecule has 0 aromatic carbocycles. The van der Waals surface area contributed by atoms with Crippen molar-refractivity contribution in [2.45, 2.75) is 38.8 Å². The number of aliphatic hydroxyl groups is 1. The van der Waals surface area contributed by atoms with E-state index in [0.29, 0.717) is 6.04 Å². The minimum Gasteiger partial charge on any atom is -0.396 e. The molecule has 4 nitrogen and oxygen atoms in total. The average Bonchev–Trinajstić information content (AvgIpc) is 2.83. The summed E-state index contributed by atoms with van der Waals surface area (Å²) in [6, 6.07) is 0.396. The van der Waals surface area contributed by atoms with Gasteiger partial charge in [-0.25, -0.2) is 0 Å². The van der Waals surface area contributed by atoms with E-state index in [4.69, 9.17) is 0 Å². The van der Waals surface area contributed by atoms with Crippen molar-refractivity contribution in [1.29, 1.82) is 0 Å². The molecule has 1 saturated carbocycles. The molecule has 1 aromatic heterocycles. The molecule has 0 radical (unpaired) electrons. The zero-order valence-corrected chi connectivity index (χ0v) is 11.0. The highest BCUT2D eigenvalue weighted by Crippen LogP contribution is 2.37. The minimum absolute atomic E-state index is 0.0342. The first-order chi connectivity index (χ1) is 7.65. The Morgan fingerprint density at radius 3 is 3.19 bits per heavy atom. The maximum Gasteiger partial charge on any atom is 0.0633 e. The van der Waals surface area contributed by atoms with E-state index in [1.807, 2.05) is 0 Å². The van der Waals surface area contributed by atoms with Crippen LogP contribution in [0.4, 0.5) is 0 Å². The van der Waals surface area contributed by atoms with Crippen LogP contribution in [0, 0.1) is 5.41 Å². The molecule has 16 heavy (non-hydrogen) atoms. The Kier molecular flexibility index (Phi) is 3.66. The topological polar surface area (TPSA) is 60.9 Å². The molecule has 90 valence electrons. The highest BCUT2D eigenvalue weighted by molar-refractivity contribution is 9.10. The largest absolute Gasteiger partial charge is 0.396 e. The van der Waals surface area contributed by atoms with Crippen molar-refractivity contribution in [2.75, 3.05) is 6.61 Å². The molecule has 0 amide bonds. The Balaban J connectivity index is 1.93. The van der Waals surface area contributed by atoms with Crippen molar-refractivity contribution in [3.63, 3.8) is 0 Å². The van der Waals surface area contributed by atoms with E-state index >= 15 is 0 Å². The maximum absolute atomic E-state index is 9.44. The molecule has 5 heteroatoms. The number of halogens is 1. The van der Waals surface area contributed by atoms with Crippen LogP contribution in [-0.4, -0.2) is 28.0 Å². The van der Waals surface area contributed by atoms with E-state index in [2.05, 4.69) is 38.4 Å². The lowest BCUT2D eigenvalue weighted by atomic mass is 9.86. The lowest BCUT2D eigenvalue weighted by molar-refractivity contribution is 0.118.